The topological polar surface area (TPSA) is 41.6 Å². The Morgan fingerprint density at radius 1 is 1.53 bits per heavy atom. The van der Waals surface area contributed by atoms with Gasteiger partial charge in [0.1, 0.15) is 0 Å². The number of hydrogen-bond acceptors (Lipinski definition) is 3. The second-order valence-electron chi connectivity index (χ2n) is 4.22. The van der Waals surface area contributed by atoms with Gasteiger partial charge < -0.3 is 15.0 Å². The van der Waals surface area contributed by atoms with Gasteiger partial charge in [-0.05, 0) is 30.7 Å². The first kappa shape index (κ1) is 12.1. The number of carbonyl (C=O) groups is 1. The fraction of sp³-hybridized carbons (Fsp3) is 0.462. The standard InChI is InChI=1S/C13H18N2O2/c1-14-8-13(16)15-6-5-11-7-10(9-17-2)3-4-12(11)15/h3-4,7,14H,5-6,8-9H2,1-2H3. The molecule has 4 nitrogen and oxygen atoms in total. The Morgan fingerprint density at radius 2 is 2.35 bits per heavy atom. The predicted octanol–water partition coefficient (Wildman–Crippen LogP) is 0.941. The molecular weight excluding hydrogens is 216 g/mol. The van der Waals surface area contributed by atoms with E-state index < -0.39 is 0 Å². The Hall–Kier alpha value is -1.39. The summed E-state index contributed by atoms with van der Waals surface area (Å²) in [6, 6.07) is 6.17. The summed E-state index contributed by atoms with van der Waals surface area (Å²) in [5, 5.41) is 2.90. The number of anilines is 1. The second-order valence-corrected chi connectivity index (χ2v) is 4.22. The van der Waals surface area contributed by atoms with E-state index >= 15 is 0 Å². The summed E-state index contributed by atoms with van der Waals surface area (Å²) < 4.78 is 5.11. The smallest absolute Gasteiger partial charge is 0.240 e. The number of nitrogens with one attached hydrogen (secondary N) is 1. The van der Waals surface area contributed by atoms with Crippen LogP contribution in [0.15, 0.2) is 18.2 Å². The number of hydrogen-bond donors (Lipinski definition) is 1. The molecule has 4 heteroatoms. The largest absolute Gasteiger partial charge is 0.380 e. The predicted molar refractivity (Wildman–Crippen MR) is 67.1 cm³/mol. The van der Waals surface area contributed by atoms with E-state index in [4.69, 9.17) is 4.74 Å². The van der Waals surface area contributed by atoms with Gasteiger partial charge >= 0.3 is 0 Å². The van der Waals surface area contributed by atoms with Crippen molar-refractivity contribution in [3.05, 3.63) is 29.3 Å². The molecule has 1 amide bonds. The summed E-state index contributed by atoms with van der Waals surface area (Å²) in [7, 11) is 3.48. The van der Waals surface area contributed by atoms with Crippen molar-refractivity contribution in [2.24, 2.45) is 0 Å². The lowest BCUT2D eigenvalue weighted by Crippen LogP contribution is -2.35. The van der Waals surface area contributed by atoms with Crippen LogP contribution >= 0.6 is 0 Å². The van der Waals surface area contributed by atoms with Gasteiger partial charge in [-0.15, -0.1) is 0 Å². The minimum atomic E-state index is 0.130. The van der Waals surface area contributed by atoms with Crippen LogP contribution < -0.4 is 10.2 Å². The average molecular weight is 234 g/mol. The first-order chi connectivity index (χ1) is 8.26. The van der Waals surface area contributed by atoms with E-state index in [2.05, 4.69) is 11.4 Å². The molecule has 0 unspecified atom stereocenters. The van der Waals surface area contributed by atoms with E-state index in [1.807, 2.05) is 17.0 Å². The van der Waals surface area contributed by atoms with Gasteiger partial charge in [0.25, 0.3) is 0 Å². The van der Waals surface area contributed by atoms with Crippen molar-refractivity contribution >= 4 is 11.6 Å². The van der Waals surface area contributed by atoms with Crippen molar-refractivity contribution in [3.63, 3.8) is 0 Å². The molecule has 1 aliphatic heterocycles. The fourth-order valence-electron chi connectivity index (χ4n) is 2.22. The highest BCUT2D eigenvalue weighted by atomic mass is 16.5. The zero-order valence-corrected chi connectivity index (χ0v) is 10.3. The minimum Gasteiger partial charge on any atom is -0.380 e. The maximum atomic E-state index is 11.9. The van der Waals surface area contributed by atoms with Crippen molar-refractivity contribution < 1.29 is 9.53 Å². The maximum absolute atomic E-state index is 11.9. The zero-order valence-electron chi connectivity index (χ0n) is 10.3. The fourth-order valence-corrected chi connectivity index (χ4v) is 2.22. The van der Waals surface area contributed by atoms with Crippen LogP contribution in [-0.2, 0) is 22.6 Å². The van der Waals surface area contributed by atoms with Crippen LogP contribution in [0.3, 0.4) is 0 Å². The summed E-state index contributed by atoms with van der Waals surface area (Å²) in [5.41, 5.74) is 3.45. The van der Waals surface area contributed by atoms with Crippen molar-refractivity contribution in [2.45, 2.75) is 13.0 Å². The lowest BCUT2D eigenvalue weighted by Gasteiger charge is -2.17. The molecular formula is C13H18N2O2. The van der Waals surface area contributed by atoms with Crippen molar-refractivity contribution in [1.82, 2.24) is 5.32 Å². The van der Waals surface area contributed by atoms with Crippen LogP contribution in [-0.4, -0.2) is 33.2 Å². The van der Waals surface area contributed by atoms with Crippen LogP contribution in [0.1, 0.15) is 11.1 Å². The second kappa shape index (κ2) is 5.29. The first-order valence-corrected chi connectivity index (χ1v) is 5.82. The molecule has 1 aromatic rings. The summed E-state index contributed by atoms with van der Waals surface area (Å²) in [6.07, 6.45) is 0.933. The number of likely N-dealkylation sites (N-methyl/N-ethyl adjacent to an activating group) is 1. The highest BCUT2D eigenvalue weighted by molar-refractivity contribution is 5.96. The van der Waals surface area contributed by atoms with Crippen LogP contribution in [0, 0.1) is 0 Å². The number of carbonyl (C=O) groups excluding carboxylic acids is 1. The van der Waals surface area contributed by atoms with E-state index in [-0.39, 0.29) is 5.91 Å². The number of methoxy groups -OCH3 is 1. The van der Waals surface area contributed by atoms with Gasteiger partial charge in [-0.3, -0.25) is 4.79 Å². The van der Waals surface area contributed by atoms with E-state index in [1.165, 1.54) is 5.56 Å². The Kier molecular flexibility index (Phi) is 3.76. The van der Waals surface area contributed by atoms with E-state index in [0.29, 0.717) is 13.2 Å². The molecule has 1 aromatic carbocycles. The molecule has 2 rings (SSSR count). The molecule has 0 saturated carbocycles. The quantitative estimate of drug-likeness (QED) is 0.843. The number of fused-ring (bicyclic) bond motifs is 1. The summed E-state index contributed by atoms with van der Waals surface area (Å²) in [4.78, 5) is 13.7. The van der Waals surface area contributed by atoms with E-state index in [0.717, 1.165) is 24.2 Å². The van der Waals surface area contributed by atoms with Gasteiger partial charge in [0, 0.05) is 19.3 Å². The number of benzene rings is 1. The van der Waals surface area contributed by atoms with Crippen LogP contribution in [0.25, 0.3) is 0 Å². The monoisotopic (exact) mass is 234 g/mol. The number of nitrogens with zero attached hydrogens (tertiary/aromatic N) is 1. The molecule has 0 radical (unpaired) electrons. The molecule has 0 bridgehead atoms. The molecule has 1 aliphatic rings. The summed E-state index contributed by atoms with van der Waals surface area (Å²) in [5.74, 6) is 0.130. The molecule has 1 N–H and O–H groups in total. The lowest BCUT2D eigenvalue weighted by atomic mass is 10.1. The average Bonchev–Trinajstić information content (AvgIpc) is 2.73. The SMILES string of the molecule is CNCC(=O)N1CCc2cc(COC)ccc21. The molecule has 17 heavy (non-hydrogen) atoms. The molecule has 0 aromatic heterocycles. The van der Waals surface area contributed by atoms with Gasteiger partial charge in [0.15, 0.2) is 0 Å². The van der Waals surface area contributed by atoms with Crippen LogP contribution in [0.5, 0.6) is 0 Å². The molecule has 1 heterocycles. The third-order valence-electron chi connectivity index (χ3n) is 2.98. The van der Waals surface area contributed by atoms with Crippen LogP contribution in [0.4, 0.5) is 5.69 Å². The van der Waals surface area contributed by atoms with Gasteiger partial charge in [0.05, 0.1) is 13.2 Å². The van der Waals surface area contributed by atoms with E-state index in [1.54, 1.807) is 14.2 Å². The molecule has 0 atom stereocenters. The Bertz CT molecular complexity index is 418. The highest BCUT2D eigenvalue weighted by Crippen LogP contribution is 2.28. The van der Waals surface area contributed by atoms with Crippen molar-refractivity contribution in [1.29, 1.82) is 0 Å². The van der Waals surface area contributed by atoms with Gasteiger partial charge in [0.2, 0.25) is 5.91 Å². The lowest BCUT2D eigenvalue weighted by molar-refractivity contribution is -0.117. The summed E-state index contributed by atoms with van der Waals surface area (Å²) >= 11 is 0. The van der Waals surface area contributed by atoms with Gasteiger partial charge in [-0.1, -0.05) is 12.1 Å². The van der Waals surface area contributed by atoms with E-state index in [9.17, 15) is 4.79 Å². The molecule has 0 aliphatic carbocycles. The third kappa shape index (κ3) is 2.48. The minimum absolute atomic E-state index is 0.130. The number of amides is 1. The van der Waals surface area contributed by atoms with Gasteiger partial charge in [-0.25, -0.2) is 0 Å². The zero-order chi connectivity index (χ0) is 12.3. The Balaban J connectivity index is 2.18. The molecule has 0 fully saturated rings. The molecule has 0 saturated heterocycles. The third-order valence-corrected chi connectivity index (χ3v) is 2.98. The highest BCUT2D eigenvalue weighted by Gasteiger charge is 2.23. The first-order valence-electron chi connectivity index (χ1n) is 5.82. The molecule has 92 valence electrons. The maximum Gasteiger partial charge on any atom is 0.240 e. The van der Waals surface area contributed by atoms with Crippen LogP contribution in [0.2, 0.25) is 0 Å². The Labute approximate surface area is 102 Å². The summed E-state index contributed by atoms with van der Waals surface area (Å²) in [6.45, 7) is 1.79. The van der Waals surface area contributed by atoms with Crippen molar-refractivity contribution in [3.8, 4) is 0 Å². The molecule has 0 spiro atoms. The van der Waals surface area contributed by atoms with Crippen molar-refractivity contribution in [2.75, 3.05) is 32.1 Å². The normalized spacial score (nSPS) is 13.9. The Morgan fingerprint density at radius 3 is 3.06 bits per heavy atom. The van der Waals surface area contributed by atoms with Gasteiger partial charge in [-0.2, -0.15) is 0 Å². The number of ether oxygens (including phenoxy) is 1. The number of rotatable bonds is 4.